The summed E-state index contributed by atoms with van der Waals surface area (Å²) in [6, 6.07) is 2.51. The third kappa shape index (κ3) is 9.87. The molecule has 0 saturated heterocycles. The molecule has 46 heavy (non-hydrogen) atoms. The van der Waals surface area contributed by atoms with E-state index >= 15 is 0 Å². The normalized spacial score (nSPS) is 14.5. The lowest BCUT2D eigenvalue weighted by molar-refractivity contribution is -0.141. The largest absolute Gasteiger partial charge is 0.481 e. The molecule has 0 aliphatic heterocycles. The van der Waals surface area contributed by atoms with Gasteiger partial charge < -0.3 is 37.5 Å². The van der Waals surface area contributed by atoms with Crippen molar-refractivity contribution in [1.82, 2.24) is 20.9 Å². The number of carbonyl (C=O) groups is 5. The minimum Gasteiger partial charge on any atom is -0.481 e. The second-order valence-electron chi connectivity index (χ2n) is 10.5. The summed E-state index contributed by atoms with van der Waals surface area (Å²) < 4.78 is 52.4. The van der Waals surface area contributed by atoms with Gasteiger partial charge in [0.1, 0.15) is 18.1 Å². The molecule has 1 unspecified atom stereocenters. The number of hydrogen-bond donors (Lipinski definition) is 7. The fraction of sp³-hybridized carbons (Fsp3) is 0.345. The molecule has 1 heterocycles. The van der Waals surface area contributed by atoms with Gasteiger partial charge in [0.2, 0.25) is 23.6 Å². The van der Waals surface area contributed by atoms with Gasteiger partial charge in [-0.1, -0.05) is 18.2 Å². The second kappa shape index (κ2) is 16.0. The highest BCUT2D eigenvalue weighted by atomic mass is 32.2. The number of rotatable bonds is 16. The number of aliphatic carboxylic acids is 1. The van der Waals surface area contributed by atoms with E-state index < -0.39 is 94.9 Å². The van der Waals surface area contributed by atoms with Crippen molar-refractivity contribution in [1.29, 1.82) is 0 Å². The molecule has 0 fully saturated rings. The van der Waals surface area contributed by atoms with Gasteiger partial charge in [0.05, 0.1) is 12.5 Å². The van der Waals surface area contributed by atoms with E-state index in [1.807, 2.05) is 24.3 Å². The number of carboxylic acids is 1. The van der Waals surface area contributed by atoms with Crippen molar-refractivity contribution < 1.29 is 46.5 Å². The highest BCUT2D eigenvalue weighted by Gasteiger charge is 2.32. The van der Waals surface area contributed by atoms with Crippen LogP contribution in [0.25, 0.3) is 10.9 Å². The van der Waals surface area contributed by atoms with Crippen LogP contribution in [0.2, 0.25) is 0 Å². The van der Waals surface area contributed by atoms with Crippen LogP contribution in [0.15, 0.2) is 42.6 Å². The molecule has 17 heteroatoms. The Morgan fingerprint density at radius 3 is 2.11 bits per heavy atom. The number of amides is 4. The highest BCUT2D eigenvalue weighted by molar-refractivity contribution is 7.84. The van der Waals surface area contributed by atoms with Gasteiger partial charge in [-0.2, -0.15) is 0 Å². The first kappa shape index (κ1) is 35.7. The lowest BCUT2D eigenvalue weighted by Crippen LogP contribution is -2.58. The maximum absolute atomic E-state index is 13.7. The van der Waals surface area contributed by atoms with E-state index in [9.17, 15) is 46.5 Å². The fourth-order valence-corrected chi connectivity index (χ4v) is 5.14. The number of carboxylic acid groups (broad SMARTS) is 1. The number of aromatic amines is 1. The molecule has 5 atom stereocenters. The van der Waals surface area contributed by atoms with Crippen LogP contribution in [0.5, 0.6) is 0 Å². The molecule has 2 aromatic carbocycles. The number of nitrogens with two attached hydrogens (primary N) is 2. The number of aromatic nitrogens is 1. The average Bonchev–Trinajstić information content (AvgIpc) is 3.39. The van der Waals surface area contributed by atoms with Crippen molar-refractivity contribution in [2.45, 2.75) is 49.9 Å². The Kier molecular flexibility index (Phi) is 12.4. The molecule has 4 amide bonds. The van der Waals surface area contributed by atoms with Crippen molar-refractivity contribution >= 4 is 51.3 Å². The molecule has 248 valence electrons. The molecule has 0 aliphatic carbocycles. The Hall–Kier alpha value is -4.77. The summed E-state index contributed by atoms with van der Waals surface area (Å²) >= 11 is 0. The average molecular weight is 667 g/mol. The predicted octanol–water partition coefficient (Wildman–Crippen LogP) is -0.119. The Balaban J connectivity index is 1.74. The summed E-state index contributed by atoms with van der Waals surface area (Å²) in [5.74, 6) is -10.6. The Bertz CT molecular complexity index is 1630. The Morgan fingerprint density at radius 2 is 1.50 bits per heavy atom. The van der Waals surface area contributed by atoms with Crippen LogP contribution >= 0.6 is 0 Å². The molecule has 3 rings (SSSR count). The molecule has 9 N–H and O–H groups in total. The van der Waals surface area contributed by atoms with Crippen LogP contribution in [0, 0.1) is 17.5 Å². The van der Waals surface area contributed by atoms with E-state index in [4.69, 9.17) is 11.5 Å². The van der Waals surface area contributed by atoms with E-state index in [0.29, 0.717) is 12.1 Å². The predicted molar refractivity (Wildman–Crippen MR) is 161 cm³/mol. The number of hydrogen-bond acceptors (Lipinski definition) is 7. The molecule has 0 spiro atoms. The zero-order valence-corrected chi connectivity index (χ0v) is 25.3. The van der Waals surface area contributed by atoms with Gasteiger partial charge >= 0.3 is 5.97 Å². The molecule has 0 saturated carbocycles. The third-order valence-electron chi connectivity index (χ3n) is 6.93. The number of para-hydroxylation sites is 1. The van der Waals surface area contributed by atoms with Crippen molar-refractivity contribution in [2.24, 2.45) is 11.5 Å². The minimum atomic E-state index is -1.82. The van der Waals surface area contributed by atoms with Crippen LogP contribution in [-0.2, 0) is 47.6 Å². The summed E-state index contributed by atoms with van der Waals surface area (Å²) in [5, 5.41) is 17.0. The van der Waals surface area contributed by atoms with E-state index in [2.05, 4.69) is 20.9 Å². The zero-order valence-electron chi connectivity index (χ0n) is 24.5. The van der Waals surface area contributed by atoms with E-state index in [1.165, 1.54) is 6.26 Å². The molecule has 0 radical (unpaired) electrons. The summed E-state index contributed by atoms with van der Waals surface area (Å²) in [6.07, 6.45) is 1.39. The maximum Gasteiger partial charge on any atom is 0.305 e. The van der Waals surface area contributed by atoms with Crippen LogP contribution in [0.3, 0.4) is 0 Å². The van der Waals surface area contributed by atoms with Crippen molar-refractivity contribution in [3.63, 3.8) is 0 Å². The first-order chi connectivity index (χ1) is 21.7. The smallest absolute Gasteiger partial charge is 0.305 e. The fourth-order valence-electron chi connectivity index (χ4n) is 4.57. The summed E-state index contributed by atoms with van der Waals surface area (Å²) in [6.45, 7) is 0. The number of benzene rings is 2. The molecule has 0 bridgehead atoms. The molecular weight excluding hydrogens is 633 g/mol. The van der Waals surface area contributed by atoms with Gasteiger partial charge in [-0.25, -0.2) is 13.2 Å². The van der Waals surface area contributed by atoms with Crippen molar-refractivity contribution in [3.8, 4) is 0 Å². The highest BCUT2D eigenvalue weighted by Crippen LogP contribution is 2.19. The molecule has 1 aromatic heterocycles. The molecular formula is C29H33F3N6O7S. The van der Waals surface area contributed by atoms with Crippen LogP contribution in [0.4, 0.5) is 13.2 Å². The zero-order chi connectivity index (χ0) is 34.1. The summed E-state index contributed by atoms with van der Waals surface area (Å²) in [4.78, 5) is 66.0. The summed E-state index contributed by atoms with van der Waals surface area (Å²) in [5.41, 5.74) is 12.7. The summed E-state index contributed by atoms with van der Waals surface area (Å²) in [7, 11) is -1.41. The lowest BCUT2D eigenvalue weighted by atomic mass is 10.0. The maximum atomic E-state index is 13.7. The Labute approximate surface area is 263 Å². The van der Waals surface area contributed by atoms with Gasteiger partial charge in [0.15, 0.2) is 17.5 Å². The molecule has 0 aliphatic rings. The minimum absolute atomic E-state index is 0.0552. The van der Waals surface area contributed by atoms with Gasteiger partial charge in [0.25, 0.3) is 0 Å². The number of primary amides is 1. The number of fused-ring (bicyclic) bond motifs is 1. The topological polar surface area (TPSA) is 227 Å². The molecule has 13 nitrogen and oxygen atoms in total. The standard InChI is InChI=1S/C29H33F3N6O7S/c1-46(45)7-6-21(36-27(42)19(33)11-15-13-35-20-5-3-2-4-16(15)20)28(43)38-23(12-24(39)40)29(44)37-22(26(34)41)10-14-8-17(30)25(32)18(31)9-14/h2-5,8-9,13,19,21-23,35H,6-7,10-12,33H2,1H3,(H2,34,41)(H,36,42)(H,37,44)(H,38,43)(H,39,40)/t19-,21+,22+,23+,46?/m1/s1. The number of halogens is 3. The number of carbonyl (C=O) groups excluding carboxylic acids is 4. The lowest BCUT2D eigenvalue weighted by Gasteiger charge is -2.25. The van der Waals surface area contributed by atoms with E-state index in [1.54, 1.807) is 6.20 Å². The number of H-pyrrole nitrogens is 1. The monoisotopic (exact) mass is 666 g/mol. The number of nitrogens with one attached hydrogen (secondary N) is 4. The first-order valence-electron chi connectivity index (χ1n) is 13.8. The second-order valence-corrected chi connectivity index (χ2v) is 12.1. The van der Waals surface area contributed by atoms with Gasteiger partial charge in [-0.15, -0.1) is 0 Å². The van der Waals surface area contributed by atoms with E-state index in [0.717, 1.165) is 16.5 Å². The Morgan fingerprint density at radius 1 is 0.913 bits per heavy atom. The van der Waals surface area contributed by atoms with Crippen LogP contribution in [0.1, 0.15) is 24.0 Å². The third-order valence-corrected chi connectivity index (χ3v) is 7.74. The van der Waals surface area contributed by atoms with Gasteiger partial charge in [0, 0.05) is 46.3 Å². The van der Waals surface area contributed by atoms with Crippen LogP contribution in [-0.4, -0.2) is 80.1 Å². The van der Waals surface area contributed by atoms with Gasteiger partial charge in [-0.3, -0.25) is 28.2 Å². The first-order valence-corrected chi connectivity index (χ1v) is 15.5. The van der Waals surface area contributed by atoms with E-state index in [-0.39, 0.29) is 24.2 Å². The molecule has 3 aromatic rings. The van der Waals surface area contributed by atoms with Crippen molar-refractivity contribution in [3.05, 3.63) is 71.2 Å². The van der Waals surface area contributed by atoms with Crippen LogP contribution < -0.4 is 27.4 Å². The van der Waals surface area contributed by atoms with Crippen molar-refractivity contribution in [2.75, 3.05) is 12.0 Å². The SMILES string of the molecule is CS(=O)CC[C@H](NC(=O)[C@H](N)Cc1c[nH]c2ccccc12)C(=O)N[C@@H](CC(=O)O)C(=O)N[C@@H](Cc1cc(F)c(F)c(F)c1)C(N)=O. The van der Waals surface area contributed by atoms with Gasteiger partial charge in [-0.05, 0) is 42.2 Å². The quantitative estimate of drug-likeness (QED) is 0.102.